The van der Waals surface area contributed by atoms with Gasteiger partial charge in [0.2, 0.25) is 5.95 Å². The van der Waals surface area contributed by atoms with Gasteiger partial charge in [-0.05, 0) is 30.5 Å². The Balaban J connectivity index is 1.70. The van der Waals surface area contributed by atoms with E-state index in [0.717, 1.165) is 29.3 Å². The van der Waals surface area contributed by atoms with Crippen molar-refractivity contribution in [2.75, 3.05) is 19.5 Å². The molecule has 0 radical (unpaired) electrons. The van der Waals surface area contributed by atoms with Crippen molar-refractivity contribution in [2.24, 2.45) is 5.73 Å². The van der Waals surface area contributed by atoms with Gasteiger partial charge in [0, 0.05) is 35.3 Å². The van der Waals surface area contributed by atoms with Crippen LogP contribution in [0.1, 0.15) is 25.7 Å². The predicted molar refractivity (Wildman–Crippen MR) is 122 cm³/mol. The second-order valence-electron chi connectivity index (χ2n) is 7.45. The van der Waals surface area contributed by atoms with Crippen LogP contribution < -0.4 is 20.5 Å². The Hall–Kier alpha value is -2.28. The van der Waals surface area contributed by atoms with Crippen LogP contribution in [0, 0.1) is 0 Å². The molecule has 0 saturated heterocycles. The van der Waals surface area contributed by atoms with E-state index in [-0.39, 0.29) is 12.1 Å². The number of halogens is 2. The number of aromatic nitrogens is 2. The number of hydrogen-bond acceptors (Lipinski definition) is 6. The summed E-state index contributed by atoms with van der Waals surface area (Å²) in [5.41, 5.74) is 8.53. The number of nitrogens with two attached hydrogens (primary N) is 1. The Morgan fingerprint density at radius 1 is 1.03 bits per heavy atom. The van der Waals surface area contributed by atoms with Gasteiger partial charge in [-0.2, -0.15) is 0 Å². The van der Waals surface area contributed by atoms with Crippen LogP contribution in [0.3, 0.4) is 0 Å². The van der Waals surface area contributed by atoms with Crippen LogP contribution in [-0.4, -0.2) is 36.3 Å². The molecule has 4 rings (SSSR count). The van der Waals surface area contributed by atoms with E-state index in [0.29, 0.717) is 33.1 Å². The van der Waals surface area contributed by atoms with E-state index in [2.05, 4.69) is 15.3 Å². The highest BCUT2D eigenvalue weighted by Gasteiger charge is 2.22. The summed E-state index contributed by atoms with van der Waals surface area (Å²) in [6.07, 6.45) is 6.22. The first-order chi connectivity index (χ1) is 14.5. The van der Waals surface area contributed by atoms with Gasteiger partial charge in [0.15, 0.2) is 0 Å². The van der Waals surface area contributed by atoms with Gasteiger partial charge in [0.05, 0.1) is 29.8 Å². The van der Waals surface area contributed by atoms with Crippen LogP contribution >= 0.6 is 23.2 Å². The zero-order chi connectivity index (χ0) is 21.3. The average molecular weight is 447 g/mol. The second-order valence-corrected chi connectivity index (χ2v) is 8.21. The van der Waals surface area contributed by atoms with Gasteiger partial charge in [0.1, 0.15) is 11.5 Å². The molecule has 3 N–H and O–H groups in total. The van der Waals surface area contributed by atoms with Gasteiger partial charge in [-0.3, -0.25) is 0 Å². The minimum Gasteiger partial charge on any atom is -0.495 e. The normalized spacial score (nSPS) is 19.0. The van der Waals surface area contributed by atoms with Crippen molar-refractivity contribution in [3.63, 3.8) is 0 Å². The lowest BCUT2D eigenvalue weighted by Gasteiger charge is -2.29. The number of methoxy groups -OCH3 is 2. The summed E-state index contributed by atoms with van der Waals surface area (Å²) in [6.45, 7) is 0. The van der Waals surface area contributed by atoms with Gasteiger partial charge in [-0.15, -0.1) is 0 Å². The minimum atomic E-state index is 0.132. The Bertz CT molecular complexity index is 1050. The Morgan fingerprint density at radius 3 is 2.40 bits per heavy atom. The smallest absolute Gasteiger partial charge is 0.223 e. The van der Waals surface area contributed by atoms with E-state index in [1.54, 1.807) is 26.5 Å². The molecule has 0 amide bonds. The number of nitrogens with zero attached hydrogens (tertiary/aromatic N) is 2. The van der Waals surface area contributed by atoms with Crippen molar-refractivity contribution in [2.45, 2.75) is 37.8 Å². The standard InChI is InChI=1S/C22H24Cl2N4O2/c1-29-17-10-18(30-2)21(24)19(20(17)23)12-7-8-15-13(9-12)11-26-22(27-15)28-16-6-4-3-5-14(16)25/h7-11,14,16H,3-6,25H2,1-2H3,(H,26,27,28)/t14-,16-/m0/s1. The third kappa shape index (κ3) is 4.00. The molecular formula is C22H24Cl2N4O2. The molecule has 1 aliphatic carbocycles. The van der Waals surface area contributed by atoms with Gasteiger partial charge in [-0.1, -0.05) is 42.1 Å². The van der Waals surface area contributed by atoms with Gasteiger partial charge >= 0.3 is 0 Å². The van der Waals surface area contributed by atoms with Crippen molar-refractivity contribution in [3.05, 3.63) is 40.5 Å². The van der Waals surface area contributed by atoms with Gasteiger partial charge in [0.25, 0.3) is 0 Å². The third-order valence-electron chi connectivity index (χ3n) is 5.58. The quantitative estimate of drug-likeness (QED) is 0.552. The summed E-state index contributed by atoms with van der Waals surface area (Å²) in [5, 5.41) is 5.12. The Labute approximate surface area is 185 Å². The first-order valence-electron chi connectivity index (χ1n) is 9.91. The summed E-state index contributed by atoms with van der Waals surface area (Å²) in [6, 6.07) is 7.82. The van der Waals surface area contributed by atoms with Crippen LogP contribution in [0.5, 0.6) is 11.5 Å². The highest BCUT2D eigenvalue weighted by molar-refractivity contribution is 6.41. The van der Waals surface area contributed by atoms with Crippen molar-refractivity contribution >= 4 is 40.1 Å². The SMILES string of the molecule is COc1cc(OC)c(Cl)c(-c2ccc3nc(N[C@H]4CCCC[C@@H]4N)ncc3c2)c1Cl. The van der Waals surface area contributed by atoms with Crippen molar-refractivity contribution < 1.29 is 9.47 Å². The van der Waals surface area contributed by atoms with Crippen molar-refractivity contribution in [1.29, 1.82) is 0 Å². The van der Waals surface area contributed by atoms with Gasteiger partial charge in [-0.25, -0.2) is 9.97 Å². The van der Waals surface area contributed by atoms with Crippen LogP contribution in [0.25, 0.3) is 22.0 Å². The minimum absolute atomic E-state index is 0.132. The molecule has 1 fully saturated rings. The van der Waals surface area contributed by atoms with Crippen LogP contribution in [0.15, 0.2) is 30.5 Å². The maximum atomic E-state index is 6.56. The zero-order valence-corrected chi connectivity index (χ0v) is 18.4. The molecule has 6 nitrogen and oxygen atoms in total. The average Bonchev–Trinajstić information content (AvgIpc) is 2.76. The number of anilines is 1. The molecule has 0 spiro atoms. The Kier molecular flexibility index (Phi) is 6.18. The molecule has 1 heterocycles. The van der Waals surface area contributed by atoms with Crippen LogP contribution in [0.2, 0.25) is 10.0 Å². The lowest BCUT2D eigenvalue weighted by molar-refractivity contribution is 0.395. The summed E-state index contributed by atoms with van der Waals surface area (Å²) in [5.74, 6) is 1.58. The van der Waals surface area contributed by atoms with Crippen LogP contribution in [0.4, 0.5) is 5.95 Å². The number of fused-ring (bicyclic) bond motifs is 1. The van der Waals surface area contributed by atoms with Gasteiger partial charge < -0.3 is 20.5 Å². The lowest BCUT2D eigenvalue weighted by Crippen LogP contribution is -2.42. The molecule has 1 aliphatic rings. The molecule has 0 aliphatic heterocycles. The first-order valence-corrected chi connectivity index (χ1v) is 10.7. The molecule has 8 heteroatoms. The van der Waals surface area contributed by atoms with Crippen LogP contribution in [-0.2, 0) is 0 Å². The number of nitrogens with one attached hydrogen (secondary N) is 1. The molecule has 158 valence electrons. The lowest BCUT2D eigenvalue weighted by atomic mass is 9.91. The fourth-order valence-corrected chi connectivity index (χ4v) is 4.62. The molecule has 2 aromatic carbocycles. The van der Waals surface area contributed by atoms with Crippen molar-refractivity contribution in [3.8, 4) is 22.6 Å². The maximum Gasteiger partial charge on any atom is 0.223 e. The third-order valence-corrected chi connectivity index (χ3v) is 6.33. The molecule has 0 bridgehead atoms. The number of benzene rings is 2. The fraction of sp³-hybridized carbons (Fsp3) is 0.364. The molecule has 30 heavy (non-hydrogen) atoms. The molecule has 2 atom stereocenters. The topological polar surface area (TPSA) is 82.3 Å². The van der Waals surface area contributed by atoms with Crippen molar-refractivity contribution in [1.82, 2.24) is 9.97 Å². The summed E-state index contributed by atoms with van der Waals surface area (Å²) < 4.78 is 10.7. The first kappa shape index (κ1) is 21.0. The zero-order valence-electron chi connectivity index (χ0n) is 16.9. The molecule has 1 aromatic heterocycles. The molecule has 0 unspecified atom stereocenters. The second kappa shape index (κ2) is 8.84. The molecular weight excluding hydrogens is 423 g/mol. The number of rotatable bonds is 5. The fourth-order valence-electron chi connectivity index (χ4n) is 3.90. The maximum absolute atomic E-state index is 6.56. The van der Waals surface area contributed by atoms with E-state index in [1.165, 1.54) is 12.8 Å². The van der Waals surface area contributed by atoms with E-state index in [9.17, 15) is 0 Å². The van der Waals surface area contributed by atoms with E-state index < -0.39 is 0 Å². The van der Waals surface area contributed by atoms with E-state index in [1.807, 2.05) is 18.2 Å². The largest absolute Gasteiger partial charge is 0.495 e. The number of ether oxygens (including phenoxy) is 2. The number of hydrogen-bond donors (Lipinski definition) is 2. The molecule has 1 saturated carbocycles. The van der Waals surface area contributed by atoms with E-state index in [4.69, 9.17) is 38.4 Å². The predicted octanol–water partition coefficient (Wildman–Crippen LogP) is 5.30. The van der Waals surface area contributed by atoms with E-state index >= 15 is 0 Å². The summed E-state index contributed by atoms with van der Waals surface area (Å²) in [4.78, 5) is 9.15. The highest BCUT2D eigenvalue weighted by atomic mass is 35.5. The molecule has 3 aromatic rings. The Morgan fingerprint density at radius 2 is 1.73 bits per heavy atom. The summed E-state index contributed by atoms with van der Waals surface area (Å²) >= 11 is 13.1. The monoisotopic (exact) mass is 446 g/mol. The highest BCUT2D eigenvalue weighted by Crippen LogP contribution is 2.46. The summed E-state index contributed by atoms with van der Waals surface area (Å²) in [7, 11) is 3.11.